The fraction of sp³-hybridized carbons (Fsp3) is 0.158. The third-order valence-electron chi connectivity index (χ3n) is 3.60. The molecule has 1 heterocycles. The minimum Gasteiger partial charge on any atom is -0.462 e. The van der Waals surface area contributed by atoms with Gasteiger partial charge in [-0.25, -0.2) is 19.3 Å². The SMILES string of the molecule is CCOC(=O)c1ccc(OC(=O)c2nc(C)n(-c3ccc(Cl)cc3)n2)cc1. The Kier molecular flexibility index (Phi) is 5.52. The van der Waals surface area contributed by atoms with Crippen LogP contribution < -0.4 is 4.74 Å². The molecule has 3 rings (SSSR count). The average Bonchev–Trinajstić information content (AvgIpc) is 3.05. The molecule has 0 fully saturated rings. The molecule has 7 nitrogen and oxygen atoms in total. The van der Waals surface area contributed by atoms with Crippen LogP contribution in [0.3, 0.4) is 0 Å². The van der Waals surface area contributed by atoms with Crippen LogP contribution in [0.15, 0.2) is 48.5 Å². The van der Waals surface area contributed by atoms with Crippen LogP contribution in [-0.4, -0.2) is 33.3 Å². The zero-order valence-corrected chi connectivity index (χ0v) is 15.4. The molecule has 1 aromatic heterocycles. The summed E-state index contributed by atoms with van der Waals surface area (Å²) in [6, 6.07) is 13.0. The Balaban J connectivity index is 1.74. The smallest absolute Gasteiger partial charge is 0.383 e. The van der Waals surface area contributed by atoms with Crippen molar-refractivity contribution in [1.29, 1.82) is 0 Å². The van der Waals surface area contributed by atoms with Crippen LogP contribution in [0.4, 0.5) is 0 Å². The highest BCUT2D eigenvalue weighted by Crippen LogP contribution is 2.17. The van der Waals surface area contributed by atoms with Crippen molar-refractivity contribution in [1.82, 2.24) is 14.8 Å². The lowest BCUT2D eigenvalue weighted by molar-refractivity contribution is 0.0526. The van der Waals surface area contributed by atoms with E-state index in [0.29, 0.717) is 16.4 Å². The average molecular weight is 386 g/mol. The Morgan fingerprint density at radius 2 is 1.70 bits per heavy atom. The quantitative estimate of drug-likeness (QED) is 0.492. The van der Waals surface area contributed by atoms with Gasteiger partial charge in [0, 0.05) is 5.02 Å². The topological polar surface area (TPSA) is 83.3 Å². The summed E-state index contributed by atoms with van der Waals surface area (Å²) in [4.78, 5) is 28.1. The van der Waals surface area contributed by atoms with E-state index in [1.54, 1.807) is 38.1 Å². The van der Waals surface area contributed by atoms with Crippen molar-refractivity contribution in [3.63, 3.8) is 0 Å². The molecule has 0 amide bonds. The number of aromatic nitrogens is 3. The molecular weight excluding hydrogens is 370 g/mol. The van der Waals surface area contributed by atoms with Crippen molar-refractivity contribution in [3.8, 4) is 11.4 Å². The highest BCUT2D eigenvalue weighted by atomic mass is 35.5. The van der Waals surface area contributed by atoms with Gasteiger partial charge in [0.2, 0.25) is 0 Å². The van der Waals surface area contributed by atoms with E-state index in [1.165, 1.54) is 28.9 Å². The number of hydrogen-bond donors (Lipinski definition) is 0. The van der Waals surface area contributed by atoms with Gasteiger partial charge in [-0.15, -0.1) is 5.10 Å². The van der Waals surface area contributed by atoms with Crippen molar-refractivity contribution in [2.45, 2.75) is 13.8 Å². The van der Waals surface area contributed by atoms with Crippen LogP contribution in [0.5, 0.6) is 5.75 Å². The summed E-state index contributed by atoms with van der Waals surface area (Å²) < 4.78 is 11.7. The number of halogens is 1. The molecule has 0 bridgehead atoms. The molecule has 0 atom stereocenters. The Hall–Kier alpha value is -3.19. The van der Waals surface area contributed by atoms with Gasteiger partial charge in [0.05, 0.1) is 17.9 Å². The van der Waals surface area contributed by atoms with E-state index in [1.807, 2.05) is 0 Å². The van der Waals surface area contributed by atoms with Gasteiger partial charge in [0.15, 0.2) is 0 Å². The van der Waals surface area contributed by atoms with Crippen LogP contribution in [-0.2, 0) is 4.74 Å². The Morgan fingerprint density at radius 3 is 2.33 bits per heavy atom. The number of nitrogens with zero attached hydrogens (tertiary/aromatic N) is 3. The molecular formula is C19H16ClN3O4. The summed E-state index contributed by atoms with van der Waals surface area (Å²) in [5, 5.41) is 4.79. The second kappa shape index (κ2) is 8.01. The predicted molar refractivity (Wildman–Crippen MR) is 98.5 cm³/mol. The molecule has 0 radical (unpaired) electrons. The molecule has 0 unspecified atom stereocenters. The molecule has 0 aliphatic rings. The fourth-order valence-corrected chi connectivity index (χ4v) is 2.46. The summed E-state index contributed by atoms with van der Waals surface area (Å²) in [5.74, 6) is -0.406. The van der Waals surface area contributed by atoms with E-state index in [-0.39, 0.29) is 18.2 Å². The predicted octanol–water partition coefficient (Wildman–Crippen LogP) is 3.63. The maximum absolute atomic E-state index is 12.3. The first-order valence-electron chi connectivity index (χ1n) is 8.17. The van der Waals surface area contributed by atoms with E-state index in [0.717, 1.165) is 5.69 Å². The number of ether oxygens (including phenoxy) is 2. The summed E-state index contributed by atoms with van der Waals surface area (Å²) >= 11 is 5.88. The van der Waals surface area contributed by atoms with Crippen LogP contribution in [0.25, 0.3) is 5.69 Å². The van der Waals surface area contributed by atoms with E-state index < -0.39 is 11.9 Å². The van der Waals surface area contributed by atoms with Crippen molar-refractivity contribution in [2.24, 2.45) is 0 Å². The van der Waals surface area contributed by atoms with Gasteiger partial charge < -0.3 is 9.47 Å². The zero-order valence-electron chi connectivity index (χ0n) is 14.7. The minimum atomic E-state index is -0.699. The summed E-state index contributed by atoms with van der Waals surface area (Å²) in [6.07, 6.45) is 0. The van der Waals surface area contributed by atoms with Crippen molar-refractivity contribution in [3.05, 3.63) is 70.8 Å². The third-order valence-corrected chi connectivity index (χ3v) is 3.85. The van der Waals surface area contributed by atoms with Gasteiger partial charge in [-0.2, -0.15) is 0 Å². The number of aryl methyl sites for hydroxylation is 1. The third kappa shape index (κ3) is 4.32. The van der Waals surface area contributed by atoms with Crippen molar-refractivity contribution < 1.29 is 19.1 Å². The maximum Gasteiger partial charge on any atom is 0.383 e. The van der Waals surface area contributed by atoms with Crippen LogP contribution in [0.2, 0.25) is 5.02 Å². The van der Waals surface area contributed by atoms with Crippen LogP contribution in [0, 0.1) is 6.92 Å². The molecule has 3 aromatic rings. The molecule has 0 spiro atoms. The van der Waals surface area contributed by atoms with E-state index >= 15 is 0 Å². The number of carbonyl (C=O) groups is 2. The summed E-state index contributed by atoms with van der Waals surface area (Å²) in [5.41, 5.74) is 1.10. The zero-order chi connectivity index (χ0) is 19.4. The molecule has 0 saturated carbocycles. The summed E-state index contributed by atoms with van der Waals surface area (Å²) in [6.45, 7) is 3.75. The normalized spacial score (nSPS) is 10.5. The van der Waals surface area contributed by atoms with Crippen molar-refractivity contribution in [2.75, 3.05) is 6.61 Å². The molecule has 0 saturated heterocycles. The van der Waals surface area contributed by atoms with Gasteiger partial charge >= 0.3 is 11.9 Å². The molecule has 0 N–H and O–H groups in total. The Labute approximate surface area is 160 Å². The number of hydrogen-bond acceptors (Lipinski definition) is 6. The molecule has 8 heteroatoms. The first-order chi connectivity index (χ1) is 13.0. The lowest BCUT2D eigenvalue weighted by Gasteiger charge is -2.04. The summed E-state index contributed by atoms with van der Waals surface area (Å²) in [7, 11) is 0. The van der Waals surface area contributed by atoms with Crippen LogP contribution >= 0.6 is 11.6 Å². The lowest BCUT2D eigenvalue weighted by atomic mass is 10.2. The highest BCUT2D eigenvalue weighted by Gasteiger charge is 2.18. The molecule has 0 aliphatic heterocycles. The Bertz CT molecular complexity index is 966. The van der Waals surface area contributed by atoms with Crippen LogP contribution in [0.1, 0.15) is 33.7 Å². The second-order valence-electron chi connectivity index (χ2n) is 5.51. The number of carbonyl (C=O) groups excluding carboxylic acids is 2. The van der Waals surface area contributed by atoms with Crippen molar-refractivity contribution >= 4 is 23.5 Å². The highest BCUT2D eigenvalue weighted by molar-refractivity contribution is 6.30. The van der Waals surface area contributed by atoms with E-state index in [9.17, 15) is 9.59 Å². The number of rotatable bonds is 5. The molecule has 0 aliphatic carbocycles. The van der Waals surface area contributed by atoms with Gasteiger partial charge in [-0.05, 0) is 62.4 Å². The standard InChI is InChI=1S/C19H16ClN3O4/c1-3-26-18(24)13-4-10-16(11-5-13)27-19(25)17-21-12(2)23(22-17)15-8-6-14(20)7-9-15/h4-11H,3H2,1-2H3. The number of benzene rings is 2. The first kappa shape index (κ1) is 18.6. The van der Waals surface area contributed by atoms with Gasteiger partial charge in [0.1, 0.15) is 11.6 Å². The Morgan fingerprint density at radius 1 is 1.04 bits per heavy atom. The largest absolute Gasteiger partial charge is 0.462 e. The van der Waals surface area contributed by atoms with Gasteiger partial charge in [-0.3, -0.25) is 0 Å². The number of esters is 2. The van der Waals surface area contributed by atoms with E-state index in [4.69, 9.17) is 21.1 Å². The van der Waals surface area contributed by atoms with Gasteiger partial charge in [0.25, 0.3) is 5.82 Å². The molecule has 2 aromatic carbocycles. The fourth-order valence-electron chi connectivity index (χ4n) is 2.33. The monoisotopic (exact) mass is 385 g/mol. The second-order valence-corrected chi connectivity index (χ2v) is 5.94. The first-order valence-corrected chi connectivity index (χ1v) is 8.54. The lowest BCUT2D eigenvalue weighted by Crippen LogP contribution is -2.11. The minimum absolute atomic E-state index is 0.0723. The maximum atomic E-state index is 12.3. The molecule has 27 heavy (non-hydrogen) atoms. The van der Waals surface area contributed by atoms with E-state index in [2.05, 4.69) is 10.1 Å². The van der Waals surface area contributed by atoms with Gasteiger partial charge in [-0.1, -0.05) is 11.6 Å². The molecule has 138 valence electrons.